The Morgan fingerprint density at radius 2 is 2.06 bits per heavy atom. The molecule has 0 aliphatic rings. The molecule has 1 unspecified atom stereocenters. The molecule has 0 radical (unpaired) electrons. The van der Waals surface area contributed by atoms with Crippen LogP contribution in [0, 0.1) is 0 Å². The molecule has 1 atom stereocenters. The van der Waals surface area contributed by atoms with Crippen molar-refractivity contribution in [1.82, 2.24) is 15.0 Å². The standard InChI is InChI=1S/C12H15BrN4/c1-2-7-17-11(8-15-16-17)12(14)9-3-5-10(13)6-4-9/h3-6,8,12H,2,7,14H2,1H3. The van der Waals surface area contributed by atoms with Gasteiger partial charge < -0.3 is 5.73 Å². The van der Waals surface area contributed by atoms with E-state index in [1.54, 1.807) is 6.20 Å². The quantitative estimate of drug-likeness (QED) is 0.943. The van der Waals surface area contributed by atoms with E-state index in [1.165, 1.54) is 0 Å². The molecule has 0 saturated carbocycles. The second-order valence-electron chi connectivity index (χ2n) is 3.91. The SMILES string of the molecule is CCCn1nncc1C(N)c1ccc(Br)cc1. The topological polar surface area (TPSA) is 56.7 Å². The summed E-state index contributed by atoms with van der Waals surface area (Å²) < 4.78 is 2.92. The molecule has 1 heterocycles. The summed E-state index contributed by atoms with van der Waals surface area (Å²) in [5, 5.41) is 7.98. The first-order valence-electron chi connectivity index (χ1n) is 5.61. The van der Waals surface area contributed by atoms with Crippen molar-refractivity contribution in [3.63, 3.8) is 0 Å². The molecule has 17 heavy (non-hydrogen) atoms. The summed E-state index contributed by atoms with van der Waals surface area (Å²) in [6.07, 6.45) is 2.76. The fourth-order valence-corrected chi connectivity index (χ4v) is 2.00. The molecule has 2 rings (SSSR count). The van der Waals surface area contributed by atoms with Crippen molar-refractivity contribution in [3.8, 4) is 0 Å². The highest BCUT2D eigenvalue weighted by Gasteiger charge is 2.14. The average Bonchev–Trinajstić information content (AvgIpc) is 2.78. The Morgan fingerprint density at radius 3 is 2.71 bits per heavy atom. The zero-order chi connectivity index (χ0) is 12.3. The maximum Gasteiger partial charge on any atom is 0.0799 e. The van der Waals surface area contributed by atoms with Crippen LogP contribution in [0.25, 0.3) is 0 Å². The number of hydrogen-bond acceptors (Lipinski definition) is 3. The Morgan fingerprint density at radius 1 is 1.35 bits per heavy atom. The van der Waals surface area contributed by atoms with Crippen LogP contribution in [0.4, 0.5) is 0 Å². The van der Waals surface area contributed by atoms with Gasteiger partial charge in [-0.1, -0.05) is 40.2 Å². The number of aromatic nitrogens is 3. The maximum absolute atomic E-state index is 6.23. The highest BCUT2D eigenvalue weighted by molar-refractivity contribution is 9.10. The van der Waals surface area contributed by atoms with Crippen molar-refractivity contribution in [1.29, 1.82) is 0 Å². The Kier molecular flexibility index (Phi) is 3.91. The van der Waals surface area contributed by atoms with Gasteiger partial charge >= 0.3 is 0 Å². The number of benzene rings is 1. The molecule has 0 aliphatic carbocycles. The first-order valence-corrected chi connectivity index (χ1v) is 6.41. The van der Waals surface area contributed by atoms with Gasteiger partial charge in [-0.05, 0) is 24.1 Å². The lowest BCUT2D eigenvalue weighted by molar-refractivity contribution is 0.543. The normalized spacial score (nSPS) is 12.6. The molecule has 90 valence electrons. The fourth-order valence-electron chi connectivity index (χ4n) is 1.73. The summed E-state index contributed by atoms with van der Waals surface area (Å²) in [5.41, 5.74) is 8.24. The summed E-state index contributed by atoms with van der Waals surface area (Å²) in [6.45, 7) is 2.95. The Hall–Kier alpha value is -1.20. The van der Waals surface area contributed by atoms with E-state index in [4.69, 9.17) is 5.73 Å². The average molecular weight is 295 g/mol. The summed E-state index contributed by atoms with van der Waals surface area (Å²) >= 11 is 3.41. The van der Waals surface area contributed by atoms with Gasteiger partial charge in [0.15, 0.2) is 0 Å². The number of nitrogens with two attached hydrogens (primary N) is 1. The molecule has 0 fully saturated rings. The molecule has 1 aromatic carbocycles. The van der Waals surface area contributed by atoms with Gasteiger partial charge in [0.25, 0.3) is 0 Å². The van der Waals surface area contributed by atoms with Crippen LogP contribution in [0.2, 0.25) is 0 Å². The summed E-state index contributed by atoms with van der Waals surface area (Å²) in [5.74, 6) is 0. The minimum absolute atomic E-state index is 0.176. The molecular formula is C12H15BrN4. The van der Waals surface area contributed by atoms with E-state index in [2.05, 4.69) is 33.2 Å². The smallest absolute Gasteiger partial charge is 0.0799 e. The van der Waals surface area contributed by atoms with Crippen molar-refractivity contribution in [3.05, 3.63) is 46.2 Å². The molecule has 1 aromatic heterocycles. The predicted octanol–water partition coefficient (Wildman–Crippen LogP) is 2.50. The minimum Gasteiger partial charge on any atom is -0.319 e. The largest absolute Gasteiger partial charge is 0.319 e. The molecule has 0 bridgehead atoms. The Labute approximate surface area is 109 Å². The zero-order valence-corrected chi connectivity index (χ0v) is 11.3. The van der Waals surface area contributed by atoms with Crippen LogP contribution < -0.4 is 5.73 Å². The molecule has 0 saturated heterocycles. The van der Waals surface area contributed by atoms with Gasteiger partial charge in [-0.15, -0.1) is 5.10 Å². The van der Waals surface area contributed by atoms with Crippen LogP contribution in [0.15, 0.2) is 34.9 Å². The van der Waals surface area contributed by atoms with Crippen LogP contribution in [0.1, 0.15) is 30.6 Å². The van der Waals surface area contributed by atoms with E-state index in [-0.39, 0.29) is 6.04 Å². The lowest BCUT2D eigenvalue weighted by atomic mass is 10.1. The second kappa shape index (κ2) is 5.42. The van der Waals surface area contributed by atoms with E-state index >= 15 is 0 Å². The van der Waals surface area contributed by atoms with Crippen LogP contribution in [-0.2, 0) is 6.54 Å². The summed E-state index contributed by atoms with van der Waals surface area (Å²) in [6, 6.07) is 7.83. The molecule has 5 heteroatoms. The van der Waals surface area contributed by atoms with Gasteiger partial charge in [0, 0.05) is 11.0 Å². The van der Waals surface area contributed by atoms with Gasteiger partial charge in [-0.3, -0.25) is 0 Å². The van der Waals surface area contributed by atoms with Crippen LogP contribution in [-0.4, -0.2) is 15.0 Å². The van der Waals surface area contributed by atoms with E-state index < -0.39 is 0 Å². The number of aryl methyl sites for hydroxylation is 1. The first kappa shape index (κ1) is 12.3. The first-order chi connectivity index (χ1) is 8.22. The third-order valence-electron chi connectivity index (χ3n) is 2.63. The van der Waals surface area contributed by atoms with Gasteiger partial charge in [0.05, 0.1) is 17.9 Å². The highest BCUT2D eigenvalue weighted by atomic mass is 79.9. The van der Waals surface area contributed by atoms with E-state index in [1.807, 2.05) is 28.9 Å². The summed E-state index contributed by atoms with van der Waals surface area (Å²) in [7, 11) is 0. The van der Waals surface area contributed by atoms with Gasteiger partial charge in [-0.2, -0.15) is 0 Å². The molecule has 4 nitrogen and oxygen atoms in total. The monoisotopic (exact) mass is 294 g/mol. The third-order valence-corrected chi connectivity index (χ3v) is 3.16. The third kappa shape index (κ3) is 2.73. The van der Waals surface area contributed by atoms with Crippen molar-refractivity contribution < 1.29 is 0 Å². The minimum atomic E-state index is -0.176. The van der Waals surface area contributed by atoms with E-state index in [0.29, 0.717) is 0 Å². The van der Waals surface area contributed by atoms with Crippen molar-refractivity contribution >= 4 is 15.9 Å². The molecule has 0 amide bonds. The second-order valence-corrected chi connectivity index (χ2v) is 4.83. The Balaban J connectivity index is 2.26. The van der Waals surface area contributed by atoms with Crippen molar-refractivity contribution in [2.75, 3.05) is 0 Å². The van der Waals surface area contributed by atoms with Crippen LogP contribution in [0.3, 0.4) is 0 Å². The van der Waals surface area contributed by atoms with E-state index in [0.717, 1.165) is 28.7 Å². The number of hydrogen-bond donors (Lipinski definition) is 1. The van der Waals surface area contributed by atoms with Gasteiger partial charge in [-0.25, -0.2) is 4.68 Å². The lowest BCUT2D eigenvalue weighted by Crippen LogP contribution is -2.17. The van der Waals surface area contributed by atoms with Crippen LogP contribution in [0.5, 0.6) is 0 Å². The molecule has 2 N–H and O–H groups in total. The molecule has 0 aliphatic heterocycles. The number of nitrogens with zero attached hydrogens (tertiary/aromatic N) is 3. The van der Waals surface area contributed by atoms with Crippen molar-refractivity contribution in [2.24, 2.45) is 5.73 Å². The molecular weight excluding hydrogens is 280 g/mol. The molecule has 0 spiro atoms. The number of rotatable bonds is 4. The lowest BCUT2D eigenvalue weighted by Gasteiger charge is -2.13. The van der Waals surface area contributed by atoms with E-state index in [9.17, 15) is 0 Å². The van der Waals surface area contributed by atoms with Crippen molar-refractivity contribution in [2.45, 2.75) is 25.9 Å². The maximum atomic E-state index is 6.23. The predicted molar refractivity (Wildman–Crippen MR) is 70.5 cm³/mol. The van der Waals surface area contributed by atoms with Gasteiger partial charge in [0.1, 0.15) is 0 Å². The summed E-state index contributed by atoms with van der Waals surface area (Å²) in [4.78, 5) is 0. The highest BCUT2D eigenvalue weighted by Crippen LogP contribution is 2.20. The zero-order valence-electron chi connectivity index (χ0n) is 9.68. The van der Waals surface area contributed by atoms with Crippen LogP contribution >= 0.6 is 15.9 Å². The fraction of sp³-hybridized carbons (Fsp3) is 0.333. The van der Waals surface area contributed by atoms with Gasteiger partial charge in [0.2, 0.25) is 0 Å². The number of halogens is 1. The molecule has 2 aromatic rings. The Bertz CT molecular complexity index is 478.